The Bertz CT molecular complexity index is 871. The number of nitrogens with zero attached hydrogens (tertiary/aromatic N) is 2. The van der Waals surface area contributed by atoms with Gasteiger partial charge in [-0.05, 0) is 48.2 Å². The minimum Gasteiger partial charge on any atom is -0.497 e. The normalized spacial score (nSPS) is 19.0. The molecular formula is C22H25N3O3. The van der Waals surface area contributed by atoms with E-state index in [9.17, 15) is 4.79 Å². The standard InChI is InChI=1S/C22H25N3O3/c1-27-18-11-5-7-15(13-18)22(16-8-6-12-19(14-16)28-2)20(26)25(21(23)24-22)17-9-3-4-10-17/h5-8,11-14,17H,3-4,9-10H2,1-2H3,(H2,23,24). The van der Waals surface area contributed by atoms with Gasteiger partial charge in [-0.3, -0.25) is 9.69 Å². The first kappa shape index (κ1) is 18.3. The lowest BCUT2D eigenvalue weighted by molar-refractivity contribution is -0.131. The van der Waals surface area contributed by atoms with Crippen LogP contribution in [-0.4, -0.2) is 37.0 Å². The fraction of sp³-hybridized carbons (Fsp3) is 0.364. The van der Waals surface area contributed by atoms with E-state index in [1.54, 1.807) is 19.1 Å². The number of carbonyl (C=O) groups excluding carboxylic acids is 1. The molecule has 1 aliphatic carbocycles. The molecule has 0 radical (unpaired) electrons. The number of ether oxygens (including phenoxy) is 2. The van der Waals surface area contributed by atoms with Crippen LogP contribution >= 0.6 is 0 Å². The fourth-order valence-electron chi connectivity index (χ4n) is 4.31. The van der Waals surface area contributed by atoms with Crippen molar-refractivity contribution < 1.29 is 14.3 Å². The van der Waals surface area contributed by atoms with Crippen molar-refractivity contribution >= 4 is 11.9 Å². The average molecular weight is 379 g/mol. The van der Waals surface area contributed by atoms with Crippen molar-refractivity contribution in [1.82, 2.24) is 4.90 Å². The van der Waals surface area contributed by atoms with Gasteiger partial charge in [-0.2, -0.15) is 0 Å². The maximum Gasteiger partial charge on any atom is 0.266 e. The molecule has 2 aromatic carbocycles. The van der Waals surface area contributed by atoms with Gasteiger partial charge >= 0.3 is 0 Å². The third-order valence-electron chi connectivity index (χ3n) is 5.72. The molecule has 6 heteroatoms. The molecule has 146 valence electrons. The highest BCUT2D eigenvalue weighted by atomic mass is 16.5. The van der Waals surface area contributed by atoms with Crippen LogP contribution in [0.2, 0.25) is 0 Å². The summed E-state index contributed by atoms with van der Waals surface area (Å²) in [6, 6.07) is 15.0. The zero-order valence-corrected chi connectivity index (χ0v) is 16.2. The Morgan fingerprint density at radius 2 is 1.54 bits per heavy atom. The highest BCUT2D eigenvalue weighted by Gasteiger charge is 2.52. The molecule has 0 unspecified atom stereocenters. The zero-order chi connectivity index (χ0) is 19.7. The molecule has 2 aliphatic rings. The Hall–Kier alpha value is -3.02. The molecule has 1 aliphatic heterocycles. The van der Waals surface area contributed by atoms with Gasteiger partial charge < -0.3 is 15.2 Å². The van der Waals surface area contributed by atoms with Gasteiger partial charge in [0, 0.05) is 6.04 Å². The Kier molecular flexibility index (Phi) is 4.71. The minimum atomic E-state index is -1.24. The second-order valence-corrected chi connectivity index (χ2v) is 7.26. The van der Waals surface area contributed by atoms with Crippen LogP contribution in [0.15, 0.2) is 53.5 Å². The van der Waals surface area contributed by atoms with Crippen molar-refractivity contribution in [3.05, 3.63) is 59.7 Å². The van der Waals surface area contributed by atoms with Gasteiger partial charge in [-0.1, -0.05) is 37.1 Å². The Morgan fingerprint density at radius 3 is 2.04 bits per heavy atom. The number of hydrogen-bond acceptors (Lipinski definition) is 5. The van der Waals surface area contributed by atoms with E-state index in [0.29, 0.717) is 11.5 Å². The third kappa shape index (κ3) is 2.80. The van der Waals surface area contributed by atoms with Crippen LogP contribution in [0.1, 0.15) is 36.8 Å². The molecule has 6 nitrogen and oxygen atoms in total. The molecule has 0 bridgehead atoms. The quantitative estimate of drug-likeness (QED) is 0.866. The van der Waals surface area contributed by atoms with E-state index >= 15 is 0 Å². The topological polar surface area (TPSA) is 77.2 Å². The number of methoxy groups -OCH3 is 2. The fourth-order valence-corrected chi connectivity index (χ4v) is 4.31. The van der Waals surface area contributed by atoms with Crippen molar-refractivity contribution in [2.24, 2.45) is 10.7 Å². The van der Waals surface area contributed by atoms with Crippen LogP contribution in [0, 0.1) is 0 Å². The molecular weight excluding hydrogens is 354 g/mol. The lowest BCUT2D eigenvalue weighted by Gasteiger charge is -2.30. The summed E-state index contributed by atoms with van der Waals surface area (Å²) in [6.07, 6.45) is 4.11. The molecule has 1 saturated carbocycles. The summed E-state index contributed by atoms with van der Waals surface area (Å²) in [7, 11) is 3.21. The van der Waals surface area contributed by atoms with E-state index < -0.39 is 5.54 Å². The number of aliphatic imine (C=N–C) groups is 1. The number of hydrogen-bond donors (Lipinski definition) is 1. The largest absolute Gasteiger partial charge is 0.497 e. The number of nitrogens with two attached hydrogens (primary N) is 1. The molecule has 1 amide bonds. The molecule has 1 heterocycles. The van der Waals surface area contributed by atoms with Gasteiger partial charge in [0.1, 0.15) is 11.5 Å². The molecule has 28 heavy (non-hydrogen) atoms. The van der Waals surface area contributed by atoms with Crippen molar-refractivity contribution in [2.45, 2.75) is 37.3 Å². The first-order chi connectivity index (χ1) is 13.6. The SMILES string of the molecule is COc1cccc(C2(c3cccc(OC)c3)N=C(N)N(C3CCCC3)C2=O)c1. The van der Waals surface area contributed by atoms with Crippen molar-refractivity contribution in [3.8, 4) is 11.5 Å². The summed E-state index contributed by atoms with van der Waals surface area (Å²) < 4.78 is 10.8. The van der Waals surface area contributed by atoms with Gasteiger partial charge in [-0.25, -0.2) is 4.99 Å². The number of carbonyl (C=O) groups is 1. The summed E-state index contributed by atoms with van der Waals surface area (Å²) in [6.45, 7) is 0. The van der Waals surface area contributed by atoms with Crippen molar-refractivity contribution in [2.75, 3.05) is 14.2 Å². The van der Waals surface area contributed by atoms with Gasteiger partial charge in [0.25, 0.3) is 5.91 Å². The molecule has 4 rings (SSSR count). The molecule has 2 aromatic rings. The predicted octanol–water partition coefficient (Wildman–Crippen LogP) is 3.05. The number of guanidine groups is 1. The number of rotatable bonds is 5. The van der Waals surface area contributed by atoms with Gasteiger partial charge in [0.05, 0.1) is 14.2 Å². The zero-order valence-electron chi connectivity index (χ0n) is 16.2. The second-order valence-electron chi connectivity index (χ2n) is 7.26. The van der Waals surface area contributed by atoms with Crippen LogP contribution in [0.5, 0.6) is 11.5 Å². The molecule has 0 atom stereocenters. The predicted molar refractivity (Wildman–Crippen MR) is 107 cm³/mol. The smallest absolute Gasteiger partial charge is 0.266 e. The van der Waals surface area contributed by atoms with Crippen molar-refractivity contribution in [3.63, 3.8) is 0 Å². The average Bonchev–Trinajstić information content (AvgIpc) is 3.34. The summed E-state index contributed by atoms with van der Waals surface area (Å²) >= 11 is 0. The molecule has 0 aromatic heterocycles. The molecule has 0 saturated heterocycles. The summed E-state index contributed by atoms with van der Waals surface area (Å²) in [5.41, 5.74) is 6.55. The van der Waals surface area contributed by atoms with E-state index in [1.165, 1.54) is 0 Å². The minimum absolute atomic E-state index is 0.106. The third-order valence-corrected chi connectivity index (χ3v) is 5.72. The van der Waals surface area contributed by atoms with E-state index in [4.69, 9.17) is 20.2 Å². The first-order valence-electron chi connectivity index (χ1n) is 9.58. The highest BCUT2D eigenvalue weighted by molar-refractivity contribution is 6.09. The Morgan fingerprint density at radius 1 is 1.00 bits per heavy atom. The Labute approximate surface area is 165 Å². The Balaban J connectivity index is 1.90. The van der Waals surface area contributed by atoms with E-state index in [-0.39, 0.29) is 17.9 Å². The van der Waals surface area contributed by atoms with E-state index in [1.807, 2.05) is 48.5 Å². The van der Waals surface area contributed by atoms with Crippen LogP contribution in [0.25, 0.3) is 0 Å². The second kappa shape index (κ2) is 7.19. The van der Waals surface area contributed by atoms with E-state index in [2.05, 4.69) is 0 Å². The summed E-state index contributed by atoms with van der Waals surface area (Å²) in [5, 5.41) is 0. The van der Waals surface area contributed by atoms with Crippen LogP contribution in [0.3, 0.4) is 0 Å². The summed E-state index contributed by atoms with van der Waals surface area (Å²) in [5.74, 6) is 1.50. The maximum absolute atomic E-state index is 13.9. The highest BCUT2D eigenvalue weighted by Crippen LogP contribution is 2.43. The number of amides is 1. The molecule has 2 N–H and O–H groups in total. The van der Waals surface area contributed by atoms with E-state index in [0.717, 1.165) is 36.8 Å². The van der Waals surface area contributed by atoms with Gasteiger partial charge in [0.15, 0.2) is 11.5 Å². The monoisotopic (exact) mass is 379 g/mol. The number of benzene rings is 2. The first-order valence-corrected chi connectivity index (χ1v) is 9.58. The molecule has 1 fully saturated rings. The van der Waals surface area contributed by atoms with Crippen LogP contribution in [-0.2, 0) is 10.3 Å². The lowest BCUT2D eigenvalue weighted by atomic mass is 9.82. The van der Waals surface area contributed by atoms with Gasteiger partial charge in [0.2, 0.25) is 0 Å². The van der Waals surface area contributed by atoms with Gasteiger partial charge in [-0.15, -0.1) is 0 Å². The van der Waals surface area contributed by atoms with Crippen molar-refractivity contribution in [1.29, 1.82) is 0 Å². The summed E-state index contributed by atoms with van der Waals surface area (Å²) in [4.78, 5) is 20.4. The van der Waals surface area contributed by atoms with Crippen LogP contribution < -0.4 is 15.2 Å². The van der Waals surface area contributed by atoms with Crippen LogP contribution in [0.4, 0.5) is 0 Å². The lowest BCUT2D eigenvalue weighted by Crippen LogP contribution is -2.48. The maximum atomic E-state index is 13.9. The molecule has 0 spiro atoms.